The molecule has 1 aliphatic heterocycles. The van der Waals surface area contributed by atoms with Crippen molar-refractivity contribution in [3.63, 3.8) is 0 Å². The number of phenolic OH excluding ortho intramolecular Hbond substituents is 1. The van der Waals surface area contributed by atoms with Crippen LogP contribution in [-0.4, -0.2) is 51.9 Å². The Bertz CT molecular complexity index is 807. The summed E-state index contributed by atoms with van der Waals surface area (Å²) in [5.41, 5.74) is -0.355. The molecule has 152 valence electrons. The average molecular weight is 387 g/mol. The minimum absolute atomic E-state index is 0.0533. The van der Waals surface area contributed by atoms with Crippen LogP contribution in [0.25, 0.3) is 0 Å². The van der Waals surface area contributed by atoms with Crippen LogP contribution in [0.5, 0.6) is 5.75 Å². The van der Waals surface area contributed by atoms with E-state index in [1.165, 1.54) is 4.90 Å². The Morgan fingerprint density at radius 3 is 2.61 bits per heavy atom. The summed E-state index contributed by atoms with van der Waals surface area (Å²) in [5, 5.41) is 12.8. The van der Waals surface area contributed by atoms with Gasteiger partial charge in [0.2, 0.25) is 5.91 Å². The topological polar surface area (TPSA) is 90.0 Å². The highest BCUT2D eigenvalue weighted by Gasteiger charge is 2.56. The Kier molecular flexibility index (Phi) is 5.12. The van der Waals surface area contributed by atoms with Crippen LogP contribution in [0.2, 0.25) is 0 Å². The first-order chi connectivity index (χ1) is 13.0. The Morgan fingerprint density at radius 2 is 1.96 bits per heavy atom. The van der Waals surface area contributed by atoms with Gasteiger partial charge in [0.25, 0.3) is 5.91 Å². The molecule has 2 N–H and O–H groups in total. The van der Waals surface area contributed by atoms with Crippen LogP contribution in [0.1, 0.15) is 45.6 Å². The number of para-hydroxylation sites is 1. The molecule has 28 heavy (non-hydrogen) atoms. The van der Waals surface area contributed by atoms with Crippen LogP contribution in [0.4, 0.5) is 4.79 Å². The number of nitrogens with one attached hydrogen (secondary N) is 1. The van der Waals surface area contributed by atoms with E-state index in [1.807, 2.05) is 0 Å². The molecule has 1 spiro atoms. The molecule has 0 bridgehead atoms. The average Bonchev–Trinajstić information content (AvgIpc) is 2.78. The SMILES string of the molecule is CC1CC(C)(C)CC2(C1)NC(=O)N(CC(=O)N(C)Cc1ccccc1O)C2=O. The Hall–Kier alpha value is -2.57. The summed E-state index contributed by atoms with van der Waals surface area (Å²) in [6.45, 7) is 6.21. The number of aromatic hydroxyl groups is 1. The zero-order valence-corrected chi connectivity index (χ0v) is 17.0. The van der Waals surface area contributed by atoms with Crippen molar-refractivity contribution >= 4 is 17.8 Å². The first-order valence-corrected chi connectivity index (χ1v) is 9.68. The molecule has 1 heterocycles. The van der Waals surface area contributed by atoms with E-state index in [4.69, 9.17) is 0 Å². The fraction of sp³-hybridized carbons (Fsp3) is 0.571. The summed E-state index contributed by atoms with van der Waals surface area (Å²) in [4.78, 5) is 40.7. The molecule has 2 atom stereocenters. The molecule has 7 nitrogen and oxygen atoms in total. The summed E-state index contributed by atoms with van der Waals surface area (Å²) >= 11 is 0. The second kappa shape index (κ2) is 7.11. The van der Waals surface area contributed by atoms with Crippen LogP contribution in [-0.2, 0) is 16.1 Å². The molecule has 1 aromatic carbocycles. The van der Waals surface area contributed by atoms with Crippen molar-refractivity contribution < 1.29 is 19.5 Å². The summed E-state index contributed by atoms with van der Waals surface area (Å²) in [6, 6.07) is 6.27. The number of hydrogen-bond acceptors (Lipinski definition) is 4. The quantitative estimate of drug-likeness (QED) is 0.777. The highest BCUT2D eigenvalue weighted by atomic mass is 16.3. The molecule has 1 aliphatic carbocycles. The van der Waals surface area contributed by atoms with Gasteiger partial charge >= 0.3 is 6.03 Å². The number of urea groups is 1. The van der Waals surface area contributed by atoms with E-state index in [9.17, 15) is 19.5 Å². The van der Waals surface area contributed by atoms with Gasteiger partial charge in [-0.25, -0.2) is 4.79 Å². The van der Waals surface area contributed by atoms with Gasteiger partial charge in [-0.3, -0.25) is 14.5 Å². The number of imide groups is 1. The maximum Gasteiger partial charge on any atom is 0.325 e. The van der Waals surface area contributed by atoms with E-state index >= 15 is 0 Å². The lowest BCUT2D eigenvalue weighted by Gasteiger charge is -2.43. The smallest absolute Gasteiger partial charge is 0.325 e. The highest BCUT2D eigenvalue weighted by molar-refractivity contribution is 6.09. The molecule has 0 aromatic heterocycles. The van der Waals surface area contributed by atoms with Gasteiger partial charge < -0.3 is 15.3 Å². The largest absolute Gasteiger partial charge is 0.508 e. The number of phenols is 1. The maximum absolute atomic E-state index is 13.1. The predicted octanol–water partition coefficient (Wildman–Crippen LogP) is 2.49. The number of rotatable bonds is 4. The van der Waals surface area contributed by atoms with Crippen molar-refractivity contribution in [1.82, 2.24) is 15.1 Å². The van der Waals surface area contributed by atoms with Crippen LogP contribution in [0, 0.1) is 11.3 Å². The molecule has 1 saturated heterocycles. The highest BCUT2D eigenvalue weighted by Crippen LogP contribution is 2.46. The molecular weight excluding hydrogens is 358 g/mol. The van der Waals surface area contributed by atoms with Crippen molar-refractivity contribution in [2.45, 2.75) is 52.1 Å². The normalized spacial score (nSPS) is 26.4. The van der Waals surface area contributed by atoms with Crippen LogP contribution >= 0.6 is 0 Å². The molecule has 2 unspecified atom stereocenters. The van der Waals surface area contributed by atoms with E-state index in [0.29, 0.717) is 24.3 Å². The molecule has 4 amide bonds. The van der Waals surface area contributed by atoms with Gasteiger partial charge in [0.05, 0.1) is 0 Å². The number of amides is 4. The Morgan fingerprint density at radius 1 is 1.29 bits per heavy atom. The van der Waals surface area contributed by atoms with E-state index in [2.05, 4.69) is 26.1 Å². The minimum Gasteiger partial charge on any atom is -0.508 e. The second-order valence-electron chi connectivity index (χ2n) is 9.14. The zero-order chi connectivity index (χ0) is 20.7. The summed E-state index contributed by atoms with van der Waals surface area (Å²) in [5.74, 6) is -0.241. The van der Waals surface area contributed by atoms with Gasteiger partial charge in [0.15, 0.2) is 0 Å². The van der Waals surface area contributed by atoms with E-state index < -0.39 is 11.6 Å². The zero-order valence-electron chi connectivity index (χ0n) is 17.0. The molecule has 1 aromatic rings. The first-order valence-electron chi connectivity index (χ1n) is 9.68. The fourth-order valence-electron chi connectivity index (χ4n) is 4.89. The lowest BCUT2D eigenvalue weighted by Crippen LogP contribution is -2.54. The van der Waals surface area contributed by atoms with Gasteiger partial charge in [-0.2, -0.15) is 0 Å². The number of likely N-dealkylation sites (N-methyl/N-ethyl adjacent to an activating group) is 1. The van der Waals surface area contributed by atoms with Gasteiger partial charge in [-0.1, -0.05) is 39.0 Å². The molecule has 3 rings (SSSR count). The van der Waals surface area contributed by atoms with Crippen molar-refractivity contribution in [2.24, 2.45) is 11.3 Å². The molecule has 1 saturated carbocycles. The number of benzene rings is 1. The molecule has 0 radical (unpaired) electrons. The van der Waals surface area contributed by atoms with E-state index in [-0.39, 0.29) is 36.1 Å². The molecular formula is C21H29N3O4. The fourth-order valence-corrected chi connectivity index (χ4v) is 4.89. The van der Waals surface area contributed by atoms with Gasteiger partial charge in [0, 0.05) is 19.2 Å². The van der Waals surface area contributed by atoms with Gasteiger partial charge in [0.1, 0.15) is 17.8 Å². The van der Waals surface area contributed by atoms with Gasteiger partial charge in [-0.05, 0) is 36.7 Å². The maximum atomic E-state index is 13.1. The number of hydrogen-bond donors (Lipinski definition) is 2. The first kappa shape index (κ1) is 20.2. The third-order valence-corrected chi connectivity index (χ3v) is 5.74. The van der Waals surface area contributed by atoms with Gasteiger partial charge in [-0.15, -0.1) is 0 Å². The standard InChI is InChI=1S/C21H29N3O4/c1-14-9-20(2,3)13-21(10-14)18(27)24(19(28)22-21)12-17(26)23(4)11-15-7-5-6-8-16(15)25/h5-8,14,25H,9-13H2,1-4H3,(H,22,28). The lowest BCUT2D eigenvalue weighted by molar-refractivity contribution is -0.140. The molecule has 2 fully saturated rings. The van der Waals surface area contributed by atoms with Crippen LogP contribution in [0.15, 0.2) is 24.3 Å². The Labute approximate surface area is 165 Å². The molecule has 7 heteroatoms. The second-order valence-corrected chi connectivity index (χ2v) is 9.14. The third kappa shape index (κ3) is 3.84. The van der Waals surface area contributed by atoms with E-state index in [0.717, 1.165) is 11.3 Å². The minimum atomic E-state index is -0.908. The molecule has 2 aliphatic rings. The predicted molar refractivity (Wildman–Crippen MR) is 104 cm³/mol. The summed E-state index contributed by atoms with van der Waals surface area (Å²) in [6.07, 6.45) is 2.17. The van der Waals surface area contributed by atoms with Crippen molar-refractivity contribution in [3.05, 3.63) is 29.8 Å². The number of carbonyl (C=O) groups is 3. The van der Waals surface area contributed by atoms with Crippen LogP contribution < -0.4 is 5.32 Å². The number of nitrogens with zero attached hydrogens (tertiary/aromatic N) is 2. The van der Waals surface area contributed by atoms with E-state index in [1.54, 1.807) is 31.3 Å². The summed E-state index contributed by atoms with van der Waals surface area (Å²) in [7, 11) is 1.59. The van der Waals surface area contributed by atoms with Crippen molar-refractivity contribution in [2.75, 3.05) is 13.6 Å². The number of carbonyl (C=O) groups excluding carboxylic acids is 3. The van der Waals surface area contributed by atoms with Crippen molar-refractivity contribution in [1.29, 1.82) is 0 Å². The Balaban J connectivity index is 1.70. The van der Waals surface area contributed by atoms with Crippen LogP contribution in [0.3, 0.4) is 0 Å². The lowest BCUT2D eigenvalue weighted by atomic mass is 9.64. The third-order valence-electron chi connectivity index (χ3n) is 5.74. The summed E-state index contributed by atoms with van der Waals surface area (Å²) < 4.78 is 0. The monoisotopic (exact) mass is 387 g/mol. The van der Waals surface area contributed by atoms with Crippen molar-refractivity contribution in [3.8, 4) is 5.75 Å².